The molecule has 3 aromatic rings. The van der Waals surface area contributed by atoms with Gasteiger partial charge in [0.15, 0.2) is 0 Å². The molecule has 0 aliphatic carbocycles. The molecule has 8 nitrogen and oxygen atoms in total. The van der Waals surface area contributed by atoms with Crippen LogP contribution in [0.25, 0.3) is 22.4 Å². The van der Waals surface area contributed by atoms with Gasteiger partial charge in [-0.1, -0.05) is 0 Å². The summed E-state index contributed by atoms with van der Waals surface area (Å²) in [6.45, 7) is 2.92. The number of esters is 1. The minimum atomic E-state index is -0.647. The zero-order valence-electron chi connectivity index (χ0n) is 13.3. The second kappa shape index (κ2) is 6.16. The summed E-state index contributed by atoms with van der Waals surface area (Å²) in [5.41, 5.74) is 0.691. The van der Waals surface area contributed by atoms with Crippen molar-refractivity contribution in [3.05, 3.63) is 62.5 Å². The molecule has 0 saturated carbocycles. The summed E-state index contributed by atoms with van der Waals surface area (Å²) in [5, 5.41) is 11.0. The van der Waals surface area contributed by atoms with E-state index < -0.39 is 16.5 Å². The molecule has 1 aromatic heterocycles. The largest absolute Gasteiger partial charge is 0.427 e. The van der Waals surface area contributed by atoms with Crippen LogP contribution >= 0.6 is 0 Å². The number of carbonyl (C=O) groups excluding carboxylic acids is 1. The average molecular weight is 340 g/mol. The topological polar surface area (TPSA) is 113 Å². The first-order valence-electron chi connectivity index (χ1n) is 7.24. The highest BCUT2D eigenvalue weighted by Crippen LogP contribution is 2.26. The fraction of sp³-hybridized carbons (Fsp3) is 0.118. The van der Waals surface area contributed by atoms with Crippen molar-refractivity contribution in [2.75, 3.05) is 0 Å². The Labute approximate surface area is 140 Å². The summed E-state index contributed by atoms with van der Waals surface area (Å²) in [6.07, 6.45) is 0. The van der Waals surface area contributed by atoms with Crippen LogP contribution in [0, 0.1) is 17.0 Å². The lowest BCUT2D eigenvalue weighted by Crippen LogP contribution is -2.06. The maximum atomic E-state index is 12.2. The molecule has 0 atom stereocenters. The lowest BCUT2D eigenvalue weighted by atomic mass is 10.1. The van der Waals surface area contributed by atoms with Crippen molar-refractivity contribution in [3.63, 3.8) is 0 Å². The molecule has 8 heteroatoms. The van der Waals surface area contributed by atoms with Gasteiger partial charge in [0.25, 0.3) is 5.69 Å². The monoisotopic (exact) mass is 340 g/mol. The fourth-order valence-corrected chi connectivity index (χ4v) is 2.40. The SMILES string of the molecule is CC(=O)Oc1ccc2nc(-c3ccc([N+](=O)[O-])cc3C)oc(=O)c2c1. The lowest BCUT2D eigenvalue weighted by molar-refractivity contribution is -0.384. The predicted octanol–water partition coefficient (Wildman–Crippen LogP) is 3.00. The second-order valence-electron chi connectivity index (χ2n) is 5.34. The van der Waals surface area contributed by atoms with Gasteiger partial charge in [0.1, 0.15) is 5.75 Å². The molecular weight excluding hydrogens is 328 g/mol. The zero-order valence-corrected chi connectivity index (χ0v) is 13.3. The van der Waals surface area contributed by atoms with E-state index in [0.29, 0.717) is 16.6 Å². The molecule has 0 spiro atoms. The molecule has 0 amide bonds. The van der Waals surface area contributed by atoms with Crippen LogP contribution < -0.4 is 10.4 Å². The average Bonchev–Trinajstić information content (AvgIpc) is 2.54. The summed E-state index contributed by atoms with van der Waals surface area (Å²) in [4.78, 5) is 37.8. The number of ether oxygens (including phenoxy) is 1. The number of rotatable bonds is 3. The van der Waals surface area contributed by atoms with Crippen LogP contribution in [0.1, 0.15) is 12.5 Å². The molecule has 0 unspecified atom stereocenters. The number of nitro groups is 1. The van der Waals surface area contributed by atoms with E-state index in [-0.39, 0.29) is 22.7 Å². The molecule has 0 bridgehead atoms. The number of fused-ring (bicyclic) bond motifs is 1. The number of hydrogen-bond acceptors (Lipinski definition) is 7. The quantitative estimate of drug-likeness (QED) is 0.312. The Morgan fingerprint density at radius 3 is 2.64 bits per heavy atom. The molecule has 0 saturated heterocycles. The summed E-state index contributed by atoms with van der Waals surface area (Å²) < 4.78 is 10.2. The predicted molar refractivity (Wildman–Crippen MR) is 88.4 cm³/mol. The summed E-state index contributed by atoms with van der Waals surface area (Å²) >= 11 is 0. The van der Waals surface area contributed by atoms with E-state index in [1.54, 1.807) is 6.92 Å². The third-order valence-corrected chi connectivity index (χ3v) is 3.51. The highest BCUT2D eigenvalue weighted by Gasteiger charge is 2.15. The van der Waals surface area contributed by atoms with Crippen molar-refractivity contribution in [2.45, 2.75) is 13.8 Å². The number of nitro benzene ring substituents is 1. The summed E-state index contributed by atoms with van der Waals surface area (Å²) in [5.74, 6) is -0.228. The molecule has 0 fully saturated rings. The van der Waals surface area contributed by atoms with Crippen molar-refractivity contribution < 1.29 is 18.9 Å². The van der Waals surface area contributed by atoms with Gasteiger partial charge in [0, 0.05) is 24.6 Å². The minimum absolute atomic E-state index is 0.0598. The van der Waals surface area contributed by atoms with Crippen molar-refractivity contribution in [1.82, 2.24) is 4.98 Å². The molecule has 3 rings (SSSR count). The first-order valence-corrected chi connectivity index (χ1v) is 7.24. The Balaban J connectivity index is 2.11. The molecule has 1 heterocycles. The third-order valence-electron chi connectivity index (χ3n) is 3.51. The molecule has 0 aliphatic rings. The number of benzene rings is 2. The van der Waals surface area contributed by atoms with Crippen molar-refractivity contribution in [3.8, 4) is 17.2 Å². The molecule has 0 radical (unpaired) electrons. The standard InChI is InChI=1S/C17H12N2O6/c1-9-7-11(19(22)23)3-5-13(9)16-18-15-6-4-12(24-10(2)20)8-14(15)17(21)25-16/h3-8H,1-2H3. The van der Waals surface area contributed by atoms with Gasteiger partial charge in [0.05, 0.1) is 15.8 Å². The van der Waals surface area contributed by atoms with Crippen molar-refractivity contribution in [2.24, 2.45) is 0 Å². The number of non-ortho nitro benzene ring substituents is 1. The number of aryl methyl sites for hydroxylation is 1. The van der Waals surface area contributed by atoms with Gasteiger partial charge in [-0.05, 0) is 36.8 Å². The van der Waals surface area contributed by atoms with Crippen LogP contribution in [0.2, 0.25) is 0 Å². The number of hydrogen-bond donors (Lipinski definition) is 0. The molecule has 25 heavy (non-hydrogen) atoms. The Morgan fingerprint density at radius 2 is 2.00 bits per heavy atom. The first-order chi connectivity index (χ1) is 11.8. The van der Waals surface area contributed by atoms with Crippen LogP contribution in [0.3, 0.4) is 0 Å². The summed E-state index contributed by atoms with van der Waals surface area (Å²) in [7, 11) is 0. The lowest BCUT2D eigenvalue weighted by Gasteiger charge is -2.06. The van der Waals surface area contributed by atoms with Crippen molar-refractivity contribution >= 4 is 22.6 Å². The van der Waals surface area contributed by atoms with Gasteiger partial charge in [-0.2, -0.15) is 0 Å². The normalized spacial score (nSPS) is 10.6. The van der Waals surface area contributed by atoms with Crippen LogP contribution in [-0.4, -0.2) is 15.9 Å². The molecule has 126 valence electrons. The van der Waals surface area contributed by atoms with E-state index in [0.717, 1.165) is 0 Å². The van der Waals surface area contributed by atoms with Crippen LogP contribution in [0.15, 0.2) is 45.6 Å². The maximum absolute atomic E-state index is 12.2. The minimum Gasteiger partial charge on any atom is -0.427 e. The Hall–Kier alpha value is -3.55. The van der Waals surface area contributed by atoms with Gasteiger partial charge >= 0.3 is 11.6 Å². The van der Waals surface area contributed by atoms with E-state index in [2.05, 4.69) is 4.98 Å². The Kier molecular flexibility index (Phi) is 4.02. The van der Waals surface area contributed by atoms with Crippen LogP contribution in [0.5, 0.6) is 5.75 Å². The van der Waals surface area contributed by atoms with Crippen molar-refractivity contribution in [1.29, 1.82) is 0 Å². The fourth-order valence-electron chi connectivity index (χ4n) is 2.40. The Morgan fingerprint density at radius 1 is 1.24 bits per heavy atom. The molecular formula is C17H12N2O6. The highest BCUT2D eigenvalue weighted by molar-refractivity contribution is 5.81. The van der Waals surface area contributed by atoms with Crippen LogP contribution in [-0.2, 0) is 4.79 Å². The molecule has 2 aromatic carbocycles. The molecule has 0 aliphatic heterocycles. The van der Waals surface area contributed by atoms with E-state index in [1.165, 1.54) is 43.3 Å². The number of aromatic nitrogens is 1. The first kappa shape index (κ1) is 16.3. The number of carbonyl (C=O) groups is 1. The second-order valence-corrected chi connectivity index (χ2v) is 5.34. The van der Waals surface area contributed by atoms with Gasteiger partial charge in [0.2, 0.25) is 5.89 Å². The summed E-state index contributed by atoms with van der Waals surface area (Å²) in [6, 6.07) is 8.61. The van der Waals surface area contributed by atoms with E-state index in [1.807, 2.05) is 0 Å². The Bertz CT molecular complexity index is 1070. The maximum Gasteiger partial charge on any atom is 0.347 e. The van der Waals surface area contributed by atoms with Gasteiger partial charge in [-0.15, -0.1) is 0 Å². The molecule has 0 N–H and O–H groups in total. The number of nitrogens with zero attached hydrogens (tertiary/aromatic N) is 2. The highest BCUT2D eigenvalue weighted by atomic mass is 16.6. The van der Waals surface area contributed by atoms with Crippen LogP contribution in [0.4, 0.5) is 5.69 Å². The van der Waals surface area contributed by atoms with Gasteiger partial charge < -0.3 is 9.15 Å². The third kappa shape index (κ3) is 3.23. The van der Waals surface area contributed by atoms with E-state index in [9.17, 15) is 19.7 Å². The van der Waals surface area contributed by atoms with E-state index >= 15 is 0 Å². The van der Waals surface area contributed by atoms with Gasteiger partial charge in [-0.3, -0.25) is 14.9 Å². The van der Waals surface area contributed by atoms with Gasteiger partial charge in [-0.25, -0.2) is 9.78 Å². The zero-order chi connectivity index (χ0) is 18.1. The van der Waals surface area contributed by atoms with E-state index in [4.69, 9.17) is 9.15 Å². The smallest absolute Gasteiger partial charge is 0.347 e.